The Labute approximate surface area is 154 Å². The molecule has 1 amide bonds. The van der Waals surface area contributed by atoms with Gasteiger partial charge in [0, 0.05) is 13.0 Å². The maximum atomic E-state index is 11.3. The molecular formula is C20H29NO5. The third kappa shape index (κ3) is 9.81. The molecule has 0 spiro atoms. The van der Waals surface area contributed by atoms with Crippen LogP contribution in [0.5, 0.6) is 0 Å². The lowest BCUT2D eigenvalue weighted by Gasteiger charge is -2.03. The smallest absolute Gasteiger partial charge is 0.335 e. The molecule has 1 aliphatic rings. The van der Waals surface area contributed by atoms with E-state index in [-0.39, 0.29) is 17.0 Å². The van der Waals surface area contributed by atoms with Crippen molar-refractivity contribution >= 4 is 17.8 Å². The molecule has 1 heterocycles. The van der Waals surface area contributed by atoms with Crippen molar-refractivity contribution < 1.29 is 24.6 Å². The van der Waals surface area contributed by atoms with Crippen molar-refractivity contribution in [3.05, 3.63) is 35.4 Å². The van der Waals surface area contributed by atoms with Crippen LogP contribution in [0.15, 0.2) is 24.3 Å². The summed E-state index contributed by atoms with van der Waals surface area (Å²) in [6.07, 6.45) is 12.3. The Morgan fingerprint density at radius 2 is 1.23 bits per heavy atom. The highest BCUT2D eigenvalue weighted by Gasteiger charge is 2.06. The Morgan fingerprint density at radius 3 is 1.73 bits per heavy atom. The van der Waals surface area contributed by atoms with E-state index < -0.39 is 11.9 Å². The molecule has 26 heavy (non-hydrogen) atoms. The Kier molecular flexibility index (Phi) is 10.8. The second-order valence-electron chi connectivity index (χ2n) is 6.47. The van der Waals surface area contributed by atoms with Gasteiger partial charge in [0.2, 0.25) is 5.91 Å². The molecule has 2 rings (SSSR count). The topological polar surface area (TPSA) is 104 Å². The van der Waals surface area contributed by atoms with Crippen molar-refractivity contribution in [1.82, 2.24) is 5.32 Å². The number of hydrogen-bond acceptors (Lipinski definition) is 3. The minimum absolute atomic E-state index is 0.0186. The zero-order valence-electron chi connectivity index (χ0n) is 15.2. The molecule has 1 aromatic rings. The molecule has 1 aliphatic heterocycles. The summed E-state index contributed by atoms with van der Waals surface area (Å²) in [7, 11) is 0. The summed E-state index contributed by atoms with van der Waals surface area (Å²) in [6, 6.07) is 5.20. The van der Waals surface area contributed by atoms with Crippen LogP contribution in [0.2, 0.25) is 0 Å². The highest BCUT2D eigenvalue weighted by molar-refractivity contribution is 5.93. The van der Waals surface area contributed by atoms with E-state index in [0.29, 0.717) is 0 Å². The van der Waals surface area contributed by atoms with Crippen LogP contribution in [-0.4, -0.2) is 34.6 Å². The Morgan fingerprint density at radius 1 is 0.769 bits per heavy atom. The standard InChI is InChI=1S/C12H23NO.C8H6O4/c14-12-10-8-6-4-2-1-3-5-7-9-11-13-12;9-7(10)5-2-1-3-6(4-5)8(11)12/h1-11H2,(H,13,14);1-4H,(H,9,10)(H,11,12). The monoisotopic (exact) mass is 363 g/mol. The van der Waals surface area contributed by atoms with Gasteiger partial charge in [-0.25, -0.2) is 9.59 Å². The van der Waals surface area contributed by atoms with Crippen molar-refractivity contribution in [1.29, 1.82) is 0 Å². The predicted octanol–water partition coefficient (Wildman–Crippen LogP) is 4.10. The maximum Gasteiger partial charge on any atom is 0.335 e. The van der Waals surface area contributed by atoms with Crippen LogP contribution in [0.1, 0.15) is 84.9 Å². The van der Waals surface area contributed by atoms with Crippen molar-refractivity contribution in [3.63, 3.8) is 0 Å². The second-order valence-corrected chi connectivity index (χ2v) is 6.47. The first kappa shape index (κ1) is 21.7. The molecule has 0 aromatic heterocycles. The number of hydrogen-bond donors (Lipinski definition) is 3. The van der Waals surface area contributed by atoms with E-state index in [1.807, 2.05) is 0 Å². The van der Waals surface area contributed by atoms with Gasteiger partial charge in [0.1, 0.15) is 0 Å². The summed E-state index contributed by atoms with van der Waals surface area (Å²) in [6.45, 7) is 0.888. The third-order valence-electron chi connectivity index (χ3n) is 4.26. The number of benzene rings is 1. The highest BCUT2D eigenvalue weighted by Crippen LogP contribution is 2.11. The van der Waals surface area contributed by atoms with E-state index in [4.69, 9.17) is 10.2 Å². The molecule has 0 atom stereocenters. The van der Waals surface area contributed by atoms with Crippen LogP contribution in [0.3, 0.4) is 0 Å². The lowest BCUT2D eigenvalue weighted by atomic mass is 10.1. The fraction of sp³-hybridized carbons (Fsp3) is 0.550. The van der Waals surface area contributed by atoms with Crippen molar-refractivity contribution in [2.45, 2.75) is 64.2 Å². The molecule has 0 saturated carbocycles. The van der Waals surface area contributed by atoms with Crippen LogP contribution in [0.25, 0.3) is 0 Å². The molecule has 1 fully saturated rings. The van der Waals surface area contributed by atoms with Gasteiger partial charge in [-0.15, -0.1) is 0 Å². The zero-order chi connectivity index (χ0) is 19.2. The quantitative estimate of drug-likeness (QED) is 0.734. The Bertz CT molecular complexity index is 540. The summed E-state index contributed by atoms with van der Waals surface area (Å²) in [5.41, 5.74) is -0.0372. The van der Waals surface area contributed by atoms with Crippen LogP contribution in [0.4, 0.5) is 0 Å². The minimum Gasteiger partial charge on any atom is -0.478 e. The first-order valence-corrected chi connectivity index (χ1v) is 9.34. The van der Waals surface area contributed by atoms with Crippen molar-refractivity contribution in [3.8, 4) is 0 Å². The summed E-state index contributed by atoms with van der Waals surface area (Å²) >= 11 is 0. The molecule has 0 aliphatic carbocycles. The summed E-state index contributed by atoms with van der Waals surface area (Å²) in [5.74, 6) is -2.00. The number of nitrogens with one attached hydrogen (secondary N) is 1. The molecule has 0 bridgehead atoms. The number of carbonyl (C=O) groups excluding carboxylic acids is 1. The number of carboxylic acids is 2. The minimum atomic E-state index is -1.13. The number of carboxylic acid groups (broad SMARTS) is 2. The van der Waals surface area contributed by atoms with Gasteiger partial charge in [-0.05, 0) is 31.0 Å². The molecule has 6 nitrogen and oxygen atoms in total. The lowest BCUT2D eigenvalue weighted by Crippen LogP contribution is -2.23. The Balaban J connectivity index is 0.000000263. The molecule has 144 valence electrons. The van der Waals surface area contributed by atoms with Crippen LogP contribution >= 0.6 is 0 Å². The average Bonchev–Trinajstić information content (AvgIpc) is 2.65. The molecule has 3 N–H and O–H groups in total. The van der Waals surface area contributed by atoms with E-state index in [1.165, 1.54) is 63.1 Å². The maximum absolute atomic E-state index is 11.3. The normalized spacial score (nSPS) is 16.5. The lowest BCUT2D eigenvalue weighted by molar-refractivity contribution is -0.121. The van der Waals surface area contributed by atoms with Gasteiger partial charge in [-0.2, -0.15) is 0 Å². The number of aromatic carboxylic acids is 2. The van der Waals surface area contributed by atoms with Crippen molar-refractivity contribution in [2.24, 2.45) is 0 Å². The highest BCUT2D eigenvalue weighted by atomic mass is 16.4. The first-order valence-electron chi connectivity index (χ1n) is 9.34. The zero-order valence-corrected chi connectivity index (χ0v) is 15.2. The largest absolute Gasteiger partial charge is 0.478 e. The molecule has 6 heteroatoms. The van der Waals surface area contributed by atoms with Gasteiger partial charge >= 0.3 is 11.9 Å². The molecule has 0 radical (unpaired) electrons. The van der Waals surface area contributed by atoms with Gasteiger partial charge in [0.25, 0.3) is 0 Å². The first-order chi connectivity index (χ1) is 12.5. The van der Waals surface area contributed by atoms with E-state index >= 15 is 0 Å². The van der Waals surface area contributed by atoms with Crippen LogP contribution in [-0.2, 0) is 4.79 Å². The van der Waals surface area contributed by atoms with Crippen molar-refractivity contribution in [2.75, 3.05) is 6.54 Å². The predicted molar refractivity (Wildman–Crippen MR) is 99.5 cm³/mol. The number of amides is 1. The van der Waals surface area contributed by atoms with Gasteiger partial charge < -0.3 is 15.5 Å². The second kappa shape index (κ2) is 12.9. The molecule has 0 unspecified atom stereocenters. The fourth-order valence-corrected chi connectivity index (χ4v) is 2.75. The fourth-order valence-electron chi connectivity index (χ4n) is 2.75. The number of rotatable bonds is 2. The third-order valence-corrected chi connectivity index (χ3v) is 4.26. The van der Waals surface area contributed by atoms with E-state index in [2.05, 4.69) is 5.32 Å². The molecular weight excluding hydrogens is 334 g/mol. The van der Waals surface area contributed by atoms with Gasteiger partial charge in [0.05, 0.1) is 11.1 Å². The van der Waals surface area contributed by atoms with Gasteiger partial charge in [-0.3, -0.25) is 4.79 Å². The van der Waals surface area contributed by atoms with E-state index in [0.717, 1.165) is 31.9 Å². The molecule has 1 saturated heterocycles. The van der Waals surface area contributed by atoms with E-state index in [1.54, 1.807) is 0 Å². The van der Waals surface area contributed by atoms with Crippen LogP contribution in [0, 0.1) is 0 Å². The van der Waals surface area contributed by atoms with Crippen LogP contribution < -0.4 is 5.32 Å². The van der Waals surface area contributed by atoms with E-state index in [9.17, 15) is 14.4 Å². The SMILES string of the molecule is O=C(O)c1cccc(C(=O)O)c1.O=C1CCCCCCCCCCCN1. The Hall–Kier alpha value is -2.37. The summed E-state index contributed by atoms with van der Waals surface area (Å²) in [5, 5.41) is 20.0. The van der Waals surface area contributed by atoms with Gasteiger partial charge in [0.15, 0.2) is 0 Å². The average molecular weight is 363 g/mol. The number of carbonyl (C=O) groups is 3. The summed E-state index contributed by atoms with van der Waals surface area (Å²) in [4.78, 5) is 32.0. The summed E-state index contributed by atoms with van der Waals surface area (Å²) < 4.78 is 0. The molecule has 1 aromatic carbocycles. The van der Waals surface area contributed by atoms with Gasteiger partial charge in [-0.1, -0.05) is 51.0 Å².